The average Bonchev–Trinajstić information content (AvgIpc) is 3.33. The minimum Gasteiger partial charge on any atom is -0.353 e. The van der Waals surface area contributed by atoms with Crippen LogP contribution in [0, 0.1) is 0 Å². The molecule has 0 spiro atoms. The first-order valence-corrected chi connectivity index (χ1v) is 12.0. The number of nitrogens with zero attached hydrogens (tertiary/aromatic N) is 3. The first kappa shape index (κ1) is 26.9. The number of fused-ring (bicyclic) bond motifs is 1. The third-order valence-corrected chi connectivity index (χ3v) is 6.30. The van der Waals surface area contributed by atoms with E-state index in [1.54, 1.807) is 5.01 Å². The Morgan fingerprint density at radius 3 is 2.11 bits per heavy atom. The third-order valence-electron chi connectivity index (χ3n) is 6.30. The molecule has 3 aromatic carbocycles. The lowest BCUT2D eigenvalue weighted by Gasteiger charge is -2.32. The third kappa shape index (κ3) is 6.50. The van der Waals surface area contributed by atoms with Crippen LogP contribution in [0.3, 0.4) is 0 Å². The fraction of sp³-hybridized carbons (Fsp3) is 0.310. The SMILES string of the molecule is C.CNCCNC(=O)CN(CC(=O)N(C)N1Cc2ccccc2C1)c1ccccc1-c1ccccc1. The van der Waals surface area contributed by atoms with Gasteiger partial charge in [0.25, 0.3) is 5.91 Å². The second-order valence-corrected chi connectivity index (χ2v) is 8.70. The van der Waals surface area contributed by atoms with Crippen molar-refractivity contribution >= 4 is 17.5 Å². The maximum atomic E-state index is 13.5. The molecular weight excluding hydrogens is 450 g/mol. The van der Waals surface area contributed by atoms with Crippen molar-refractivity contribution in [1.29, 1.82) is 0 Å². The lowest BCUT2D eigenvalue weighted by atomic mass is 10.0. The summed E-state index contributed by atoms with van der Waals surface area (Å²) >= 11 is 0. The van der Waals surface area contributed by atoms with Gasteiger partial charge in [0.05, 0.1) is 13.1 Å². The maximum Gasteiger partial charge on any atom is 0.256 e. The molecule has 0 saturated heterocycles. The number of anilines is 1. The second-order valence-electron chi connectivity index (χ2n) is 8.70. The number of hydrazine groups is 1. The fourth-order valence-corrected chi connectivity index (χ4v) is 4.34. The van der Waals surface area contributed by atoms with E-state index in [2.05, 4.69) is 22.8 Å². The van der Waals surface area contributed by atoms with E-state index in [9.17, 15) is 9.59 Å². The molecule has 0 saturated carbocycles. The summed E-state index contributed by atoms with van der Waals surface area (Å²) in [6.45, 7) is 2.79. The summed E-state index contributed by atoms with van der Waals surface area (Å²) in [5.74, 6) is -0.184. The molecule has 1 aliphatic rings. The molecule has 0 radical (unpaired) electrons. The van der Waals surface area contributed by atoms with Crippen molar-refractivity contribution in [3.05, 3.63) is 90.0 Å². The highest BCUT2D eigenvalue weighted by Gasteiger charge is 2.27. The summed E-state index contributed by atoms with van der Waals surface area (Å²) in [5, 5.41) is 9.70. The number of carbonyl (C=O) groups excluding carboxylic acids is 2. The number of amides is 2. The van der Waals surface area contributed by atoms with E-state index in [4.69, 9.17) is 0 Å². The van der Waals surface area contributed by atoms with Crippen LogP contribution in [0.2, 0.25) is 0 Å². The van der Waals surface area contributed by atoms with Gasteiger partial charge >= 0.3 is 0 Å². The van der Waals surface area contributed by atoms with Crippen molar-refractivity contribution in [3.8, 4) is 11.1 Å². The van der Waals surface area contributed by atoms with Crippen LogP contribution < -0.4 is 15.5 Å². The number of hydrogen-bond donors (Lipinski definition) is 2. The summed E-state index contributed by atoms with van der Waals surface area (Å²) in [7, 11) is 3.65. The van der Waals surface area contributed by atoms with E-state index in [1.807, 2.05) is 90.7 Å². The molecule has 36 heavy (non-hydrogen) atoms. The first-order chi connectivity index (χ1) is 17.1. The Morgan fingerprint density at radius 2 is 1.44 bits per heavy atom. The molecule has 0 aliphatic carbocycles. The molecule has 1 heterocycles. The molecular formula is C29H37N5O2. The monoisotopic (exact) mass is 487 g/mol. The standard InChI is InChI=1S/C28H33N5O2.CH4/c1-29-16-17-30-27(34)20-32(26-15-9-8-14-25(26)22-10-4-3-5-11-22)21-28(35)31(2)33-18-23-12-6-7-13-24(23)19-33;/h3-15,29H,16-21H2,1-2H3,(H,30,34);1H4. The van der Waals surface area contributed by atoms with Crippen molar-refractivity contribution in [3.63, 3.8) is 0 Å². The minimum atomic E-state index is -0.118. The number of likely N-dealkylation sites (N-methyl/N-ethyl adjacent to an activating group) is 2. The molecule has 2 amide bonds. The molecule has 4 rings (SSSR count). The Morgan fingerprint density at radius 1 is 0.833 bits per heavy atom. The molecule has 7 heteroatoms. The molecule has 0 bridgehead atoms. The number of nitrogens with one attached hydrogen (secondary N) is 2. The predicted octanol–water partition coefficient (Wildman–Crippen LogP) is 3.52. The smallest absolute Gasteiger partial charge is 0.256 e. The Bertz CT molecular complexity index is 1130. The van der Waals surface area contributed by atoms with Gasteiger partial charge in [-0.15, -0.1) is 0 Å². The fourth-order valence-electron chi connectivity index (χ4n) is 4.34. The quantitative estimate of drug-likeness (QED) is 0.429. The zero-order valence-electron chi connectivity index (χ0n) is 20.4. The molecule has 190 valence electrons. The van der Waals surface area contributed by atoms with Gasteiger partial charge in [-0.05, 0) is 29.8 Å². The van der Waals surface area contributed by atoms with Gasteiger partial charge in [0.2, 0.25) is 5.91 Å². The van der Waals surface area contributed by atoms with Crippen LogP contribution in [-0.2, 0) is 22.7 Å². The van der Waals surface area contributed by atoms with Crippen LogP contribution in [0.4, 0.5) is 5.69 Å². The molecule has 1 aliphatic heterocycles. The molecule has 0 fully saturated rings. The van der Waals surface area contributed by atoms with Crippen molar-refractivity contribution in [2.24, 2.45) is 0 Å². The molecule has 7 nitrogen and oxygen atoms in total. The molecule has 3 aromatic rings. The highest BCUT2D eigenvalue weighted by molar-refractivity contribution is 5.89. The molecule has 0 aromatic heterocycles. The summed E-state index contributed by atoms with van der Waals surface area (Å²) in [5.41, 5.74) is 5.36. The van der Waals surface area contributed by atoms with Crippen molar-refractivity contribution < 1.29 is 9.59 Å². The largest absolute Gasteiger partial charge is 0.353 e. The number of para-hydroxylation sites is 1. The van der Waals surface area contributed by atoms with E-state index in [0.29, 0.717) is 26.2 Å². The van der Waals surface area contributed by atoms with E-state index in [1.165, 1.54) is 11.1 Å². The van der Waals surface area contributed by atoms with E-state index in [0.717, 1.165) is 16.8 Å². The van der Waals surface area contributed by atoms with Gasteiger partial charge in [-0.1, -0.05) is 80.2 Å². The van der Waals surface area contributed by atoms with Crippen LogP contribution in [0.1, 0.15) is 18.6 Å². The lowest BCUT2D eigenvalue weighted by Crippen LogP contribution is -2.48. The van der Waals surface area contributed by atoms with Gasteiger partial charge in [0.1, 0.15) is 0 Å². The number of rotatable bonds is 10. The van der Waals surface area contributed by atoms with Crippen LogP contribution in [0.25, 0.3) is 11.1 Å². The van der Waals surface area contributed by atoms with Crippen LogP contribution >= 0.6 is 0 Å². The minimum absolute atomic E-state index is 0. The highest BCUT2D eigenvalue weighted by Crippen LogP contribution is 2.31. The Kier molecular flexibility index (Phi) is 9.61. The van der Waals surface area contributed by atoms with Crippen molar-refractivity contribution in [2.45, 2.75) is 20.5 Å². The maximum absolute atomic E-state index is 13.5. The van der Waals surface area contributed by atoms with Crippen LogP contribution in [0.15, 0.2) is 78.9 Å². The topological polar surface area (TPSA) is 67.9 Å². The summed E-state index contributed by atoms with van der Waals surface area (Å²) in [4.78, 5) is 28.1. The second kappa shape index (κ2) is 12.9. The van der Waals surface area contributed by atoms with Gasteiger partial charge in [-0.25, -0.2) is 5.01 Å². The number of benzene rings is 3. The number of hydrogen-bond acceptors (Lipinski definition) is 5. The summed E-state index contributed by atoms with van der Waals surface area (Å²) in [6.07, 6.45) is 0. The summed E-state index contributed by atoms with van der Waals surface area (Å²) in [6, 6.07) is 26.2. The van der Waals surface area contributed by atoms with Gasteiger partial charge in [-0.3, -0.25) is 14.6 Å². The van der Waals surface area contributed by atoms with Gasteiger partial charge < -0.3 is 15.5 Å². The first-order valence-electron chi connectivity index (χ1n) is 12.0. The van der Waals surface area contributed by atoms with Crippen LogP contribution in [0.5, 0.6) is 0 Å². The van der Waals surface area contributed by atoms with Crippen molar-refractivity contribution in [2.75, 3.05) is 45.2 Å². The Labute approximate surface area is 214 Å². The molecule has 2 N–H and O–H groups in total. The normalized spacial score (nSPS) is 12.4. The van der Waals surface area contributed by atoms with E-state index < -0.39 is 0 Å². The zero-order chi connectivity index (χ0) is 24.6. The average molecular weight is 488 g/mol. The number of carbonyl (C=O) groups is 2. The van der Waals surface area contributed by atoms with Gasteiger partial charge in [0, 0.05) is 44.5 Å². The van der Waals surface area contributed by atoms with Gasteiger partial charge in [-0.2, -0.15) is 0 Å². The Hall–Kier alpha value is -3.68. The zero-order valence-corrected chi connectivity index (χ0v) is 20.4. The highest BCUT2D eigenvalue weighted by atomic mass is 16.2. The van der Waals surface area contributed by atoms with Crippen molar-refractivity contribution in [1.82, 2.24) is 20.7 Å². The summed E-state index contributed by atoms with van der Waals surface area (Å²) < 4.78 is 0. The lowest BCUT2D eigenvalue weighted by molar-refractivity contribution is -0.145. The predicted molar refractivity (Wildman–Crippen MR) is 146 cm³/mol. The Balaban J connectivity index is 0.00000361. The van der Waals surface area contributed by atoms with Gasteiger partial charge in [0.15, 0.2) is 0 Å². The molecule has 0 atom stereocenters. The van der Waals surface area contributed by atoms with E-state index in [-0.39, 0.29) is 32.3 Å². The molecule has 0 unspecified atom stereocenters. The van der Waals surface area contributed by atoms with Crippen LogP contribution in [-0.4, -0.2) is 62.1 Å². The van der Waals surface area contributed by atoms with E-state index >= 15 is 0 Å².